The Hall–Kier alpha value is -0.410. The standard InChI is InChI=1S/C11H16BrNO/c1-4-11(2,3)14-8-10-6-5-9(12)7-13-10/h5-7H,4,8H2,1-3H3. The van der Waals surface area contributed by atoms with Crippen LogP contribution in [-0.4, -0.2) is 10.6 Å². The topological polar surface area (TPSA) is 22.1 Å². The third-order valence-electron chi connectivity index (χ3n) is 2.25. The van der Waals surface area contributed by atoms with E-state index in [1.165, 1.54) is 0 Å². The minimum Gasteiger partial charge on any atom is -0.369 e. The Balaban J connectivity index is 2.50. The summed E-state index contributed by atoms with van der Waals surface area (Å²) in [6.07, 6.45) is 2.79. The maximum Gasteiger partial charge on any atom is 0.0895 e. The van der Waals surface area contributed by atoms with Crippen LogP contribution in [0.4, 0.5) is 0 Å². The minimum absolute atomic E-state index is 0.0608. The summed E-state index contributed by atoms with van der Waals surface area (Å²) in [5.41, 5.74) is 0.907. The highest BCUT2D eigenvalue weighted by atomic mass is 79.9. The van der Waals surface area contributed by atoms with Crippen LogP contribution < -0.4 is 0 Å². The number of hydrogen-bond donors (Lipinski definition) is 0. The molecule has 0 aliphatic rings. The van der Waals surface area contributed by atoms with Crippen LogP contribution in [0.5, 0.6) is 0 Å². The van der Waals surface area contributed by atoms with Gasteiger partial charge in [0.15, 0.2) is 0 Å². The van der Waals surface area contributed by atoms with Crippen LogP contribution in [0.15, 0.2) is 22.8 Å². The molecule has 78 valence electrons. The summed E-state index contributed by atoms with van der Waals surface area (Å²) in [6, 6.07) is 3.94. The number of rotatable bonds is 4. The van der Waals surface area contributed by atoms with Gasteiger partial charge in [0.2, 0.25) is 0 Å². The molecule has 0 fully saturated rings. The number of ether oxygens (including phenoxy) is 1. The Morgan fingerprint density at radius 2 is 2.14 bits per heavy atom. The quantitative estimate of drug-likeness (QED) is 0.823. The summed E-state index contributed by atoms with van der Waals surface area (Å²) in [5.74, 6) is 0. The molecule has 1 aromatic heterocycles. The average molecular weight is 258 g/mol. The van der Waals surface area contributed by atoms with Crippen LogP contribution in [0.25, 0.3) is 0 Å². The lowest BCUT2D eigenvalue weighted by molar-refractivity contribution is -0.0330. The molecule has 0 aliphatic carbocycles. The molecule has 0 aromatic carbocycles. The first-order valence-electron chi connectivity index (χ1n) is 4.78. The largest absolute Gasteiger partial charge is 0.369 e. The molecule has 0 saturated carbocycles. The molecule has 0 N–H and O–H groups in total. The molecule has 0 unspecified atom stereocenters. The summed E-state index contributed by atoms with van der Waals surface area (Å²) in [6.45, 7) is 6.88. The second-order valence-corrected chi connectivity index (χ2v) is 4.79. The summed E-state index contributed by atoms with van der Waals surface area (Å²) in [7, 11) is 0. The van der Waals surface area contributed by atoms with Crippen LogP contribution >= 0.6 is 15.9 Å². The Morgan fingerprint density at radius 1 is 1.43 bits per heavy atom. The monoisotopic (exact) mass is 257 g/mol. The van der Waals surface area contributed by atoms with Gasteiger partial charge in [0.25, 0.3) is 0 Å². The molecular formula is C11H16BrNO. The summed E-state index contributed by atoms with van der Waals surface area (Å²) in [5, 5.41) is 0. The number of halogens is 1. The molecule has 0 bridgehead atoms. The first-order chi connectivity index (χ1) is 6.53. The molecule has 0 saturated heterocycles. The summed E-state index contributed by atoms with van der Waals surface area (Å²) < 4.78 is 6.72. The van der Waals surface area contributed by atoms with E-state index in [2.05, 4.69) is 41.7 Å². The van der Waals surface area contributed by atoms with E-state index >= 15 is 0 Å². The third-order valence-corrected chi connectivity index (χ3v) is 2.72. The molecule has 1 rings (SSSR count). The Labute approximate surface area is 93.8 Å². The Kier molecular flexibility index (Phi) is 4.08. The predicted octanol–water partition coefficient (Wildman–Crippen LogP) is 3.55. The van der Waals surface area contributed by atoms with Gasteiger partial charge in [-0.15, -0.1) is 0 Å². The van der Waals surface area contributed by atoms with Crippen LogP contribution in [0.1, 0.15) is 32.9 Å². The van der Waals surface area contributed by atoms with Crippen molar-refractivity contribution in [1.82, 2.24) is 4.98 Å². The lowest BCUT2D eigenvalue weighted by atomic mass is 10.1. The van der Waals surface area contributed by atoms with Gasteiger partial charge in [-0.2, -0.15) is 0 Å². The lowest BCUT2D eigenvalue weighted by Crippen LogP contribution is -2.22. The number of aromatic nitrogens is 1. The van der Waals surface area contributed by atoms with Crippen molar-refractivity contribution in [3.63, 3.8) is 0 Å². The van der Waals surface area contributed by atoms with Crippen LogP contribution in [-0.2, 0) is 11.3 Å². The van der Waals surface area contributed by atoms with Gasteiger partial charge in [-0.1, -0.05) is 6.92 Å². The highest BCUT2D eigenvalue weighted by molar-refractivity contribution is 9.10. The summed E-state index contributed by atoms with van der Waals surface area (Å²) >= 11 is 3.35. The van der Waals surface area contributed by atoms with E-state index in [1.54, 1.807) is 6.20 Å². The van der Waals surface area contributed by atoms with Crippen molar-refractivity contribution in [2.45, 2.75) is 39.4 Å². The van der Waals surface area contributed by atoms with E-state index in [1.807, 2.05) is 12.1 Å². The fraction of sp³-hybridized carbons (Fsp3) is 0.545. The smallest absolute Gasteiger partial charge is 0.0895 e. The highest BCUT2D eigenvalue weighted by Crippen LogP contribution is 2.16. The van der Waals surface area contributed by atoms with Crippen molar-refractivity contribution >= 4 is 15.9 Å². The molecule has 2 nitrogen and oxygen atoms in total. The first kappa shape index (κ1) is 11.7. The SMILES string of the molecule is CCC(C)(C)OCc1ccc(Br)cn1. The van der Waals surface area contributed by atoms with Crippen molar-refractivity contribution in [3.05, 3.63) is 28.5 Å². The maximum absolute atomic E-state index is 5.73. The normalized spacial score (nSPS) is 11.7. The molecule has 0 radical (unpaired) electrons. The fourth-order valence-corrected chi connectivity index (χ4v) is 1.10. The molecule has 1 heterocycles. The van der Waals surface area contributed by atoms with E-state index in [4.69, 9.17) is 4.74 Å². The predicted molar refractivity (Wildman–Crippen MR) is 61.1 cm³/mol. The Morgan fingerprint density at radius 3 is 2.64 bits per heavy atom. The summed E-state index contributed by atoms with van der Waals surface area (Å²) in [4.78, 5) is 4.24. The van der Waals surface area contributed by atoms with Gasteiger partial charge < -0.3 is 4.74 Å². The zero-order valence-corrected chi connectivity index (χ0v) is 10.5. The number of hydrogen-bond acceptors (Lipinski definition) is 2. The van der Waals surface area contributed by atoms with Crippen molar-refractivity contribution in [3.8, 4) is 0 Å². The zero-order valence-electron chi connectivity index (χ0n) is 8.88. The minimum atomic E-state index is -0.0608. The lowest BCUT2D eigenvalue weighted by Gasteiger charge is -2.23. The van der Waals surface area contributed by atoms with Gasteiger partial charge in [-0.25, -0.2) is 0 Å². The highest BCUT2D eigenvalue weighted by Gasteiger charge is 2.15. The van der Waals surface area contributed by atoms with Gasteiger partial charge in [0, 0.05) is 10.7 Å². The first-order valence-corrected chi connectivity index (χ1v) is 5.57. The van der Waals surface area contributed by atoms with Crippen LogP contribution in [0.3, 0.4) is 0 Å². The third kappa shape index (κ3) is 3.76. The van der Waals surface area contributed by atoms with Gasteiger partial charge in [-0.05, 0) is 48.3 Å². The molecule has 14 heavy (non-hydrogen) atoms. The van der Waals surface area contributed by atoms with E-state index in [-0.39, 0.29) is 5.60 Å². The molecule has 0 aliphatic heterocycles. The number of nitrogens with zero attached hydrogens (tertiary/aromatic N) is 1. The van der Waals surface area contributed by atoms with E-state index in [9.17, 15) is 0 Å². The Bertz CT molecular complexity index is 282. The molecule has 1 aromatic rings. The van der Waals surface area contributed by atoms with Crippen molar-refractivity contribution < 1.29 is 4.74 Å². The molecular weight excluding hydrogens is 242 g/mol. The number of pyridine rings is 1. The van der Waals surface area contributed by atoms with E-state index in [0.29, 0.717) is 6.61 Å². The van der Waals surface area contributed by atoms with Crippen molar-refractivity contribution in [2.24, 2.45) is 0 Å². The fourth-order valence-electron chi connectivity index (χ4n) is 0.863. The van der Waals surface area contributed by atoms with E-state index < -0.39 is 0 Å². The van der Waals surface area contributed by atoms with Crippen molar-refractivity contribution in [1.29, 1.82) is 0 Å². The van der Waals surface area contributed by atoms with Gasteiger partial charge >= 0.3 is 0 Å². The second kappa shape index (κ2) is 4.89. The maximum atomic E-state index is 5.73. The molecule has 0 amide bonds. The van der Waals surface area contributed by atoms with Crippen LogP contribution in [0.2, 0.25) is 0 Å². The molecule has 3 heteroatoms. The van der Waals surface area contributed by atoms with Crippen molar-refractivity contribution in [2.75, 3.05) is 0 Å². The van der Waals surface area contributed by atoms with Gasteiger partial charge in [-0.3, -0.25) is 4.98 Å². The average Bonchev–Trinajstić information content (AvgIpc) is 2.17. The molecule has 0 atom stereocenters. The second-order valence-electron chi connectivity index (χ2n) is 3.87. The molecule has 0 spiro atoms. The van der Waals surface area contributed by atoms with Gasteiger partial charge in [0.05, 0.1) is 17.9 Å². The van der Waals surface area contributed by atoms with E-state index in [0.717, 1.165) is 16.6 Å². The van der Waals surface area contributed by atoms with Crippen LogP contribution in [0, 0.1) is 0 Å². The zero-order chi connectivity index (χ0) is 10.6. The van der Waals surface area contributed by atoms with Gasteiger partial charge in [0.1, 0.15) is 0 Å².